The van der Waals surface area contributed by atoms with Crippen LogP contribution >= 0.6 is 0 Å². The summed E-state index contributed by atoms with van der Waals surface area (Å²) in [6, 6.07) is 45.0. The molecule has 0 aliphatic heterocycles. The maximum atomic E-state index is 2.50. The topological polar surface area (TPSA) is 0 Å². The second-order valence-electron chi connectivity index (χ2n) is 11.5. The van der Waals surface area contributed by atoms with Crippen molar-refractivity contribution < 1.29 is 48.0 Å². The molecular formula is C40H30Cl2Zr. The van der Waals surface area contributed by atoms with Crippen molar-refractivity contribution in [3.8, 4) is 22.3 Å². The Bertz CT molecular complexity index is 1910. The minimum Gasteiger partial charge on any atom is -1.00 e. The van der Waals surface area contributed by atoms with Crippen LogP contribution in [0, 0.1) is 0 Å². The first-order valence-corrected chi connectivity index (χ1v) is 17.4. The van der Waals surface area contributed by atoms with Crippen molar-refractivity contribution in [3.63, 3.8) is 0 Å². The predicted octanol–water partition coefficient (Wildman–Crippen LogP) is 5.03. The van der Waals surface area contributed by atoms with Crippen molar-refractivity contribution in [2.45, 2.75) is 21.1 Å². The SMILES string of the molecule is CC1=Cc2c(-c3cccc4ccccc34)cccc2[CH]1[Zr+2][CH]1C(C)=Cc2c(-c3cccc4ccccc34)cccc21.[Cl-].[Cl-]. The van der Waals surface area contributed by atoms with E-state index >= 15 is 0 Å². The fourth-order valence-corrected chi connectivity index (χ4v) is 11.7. The number of hydrogen-bond donors (Lipinski definition) is 0. The molecule has 0 heterocycles. The molecule has 3 heteroatoms. The van der Waals surface area contributed by atoms with Crippen LogP contribution in [0.4, 0.5) is 0 Å². The normalized spacial score (nSPS) is 16.4. The summed E-state index contributed by atoms with van der Waals surface area (Å²) in [7, 11) is 0. The summed E-state index contributed by atoms with van der Waals surface area (Å²) in [4.78, 5) is 0. The Balaban J connectivity index is 0.00000165. The predicted molar refractivity (Wildman–Crippen MR) is 172 cm³/mol. The molecule has 0 nitrogen and oxygen atoms in total. The third-order valence-corrected chi connectivity index (χ3v) is 14.5. The van der Waals surface area contributed by atoms with Gasteiger partial charge in [-0.2, -0.15) is 0 Å². The van der Waals surface area contributed by atoms with Gasteiger partial charge < -0.3 is 24.8 Å². The van der Waals surface area contributed by atoms with Gasteiger partial charge in [-0.05, 0) is 0 Å². The third kappa shape index (κ3) is 4.97. The minimum absolute atomic E-state index is 0. The largest absolute Gasteiger partial charge is 1.00 e. The second kappa shape index (κ2) is 12.1. The molecule has 0 radical (unpaired) electrons. The minimum atomic E-state index is -0.930. The zero-order valence-electron chi connectivity index (χ0n) is 24.1. The fraction of sp³-hybridized carbons (Fsp3) is 0.100. The van der Waals surface area contributed by atoms with Crippen LogP contribution in [0.5, 0.6) is 0 Å². The van der Waals surface area contributed by atoms with Crippen molar-refractivity contribution in [2.75, 3.05) is 0 Å². The van der Waals surface area contributed by atoms with Crippen LogP contribution in [-0.4, -0.2) is 0 Å². The van der Waals surface area contributed by atoms with E-state index in [-0.39, 0.29) is 24.8 Å². The molecule has 0 N–H and O–H groups in total. The quantitative estimate of drug-likeness (QED) is 0.247. The molecule has 0 bridgehead atoms. The van der Waals surface area contributed by atoms with Gasteiger partial charge in [-0.3, -0.25) is 0 Å². The molecular weight excluding hydrogens is 643 g/mol. The molecule has 2 unspecified atom stereocenters. The summed E-state index contributed by atoms with van der Waals surface area (Å²) in [6.45, 7) is 4.75. The van der Waals surface area contributed by atoms with Crippen molar-refractivity contribution in [1.82, 2.24) is 0 Å². The number of hydrogen-bond acceptors (Lipinski definition) is 0. The van der Waals surface area contributed by atoms with Crippen LogP contribution in [0.2, 0.25) is 0 Å². The first-order valence-electron chi connectivity index (χ1n) is 14.5. The molecule has 6 aromatic carbocycles. The Labute approximate surface area is 277 Å². The van der Waals surface area contributed by atoms with Crippen molar-refractivity contribution in [1.29, 1.82) is 0 Å². The van der Waals surface area contributed by atoms with E-state index in [4.69, 9.17) is 0 Å². The van der Waals surface area contributed by atoms with Crippen LogP contribution in [0.25, 0.3) is 56.0 Å². The van der Waals surface area contributed by atoms with Crippen LogP contribution in [0.1, 0.15) is 43.4 Å². The van der Waals surface area contributed by atoms with Gasteiger partial charge in [-0.15, -0.1) is 0 Å². The van der Waals surface area contributed by atoms with E-state index in [1.165, 1.54) is 54.9 Å². The molecule has 2 aliphatic carbocycles. The summed E-state index contributed by atoms with van der Waals surface area (Å²) < 4.78 is 1.17. The molecule has 208 valence electrons. The molecule has 0 fully saturated rings. The summed E-state index contributed by atoms with van der Waals surface area (Å²) in [5.74, 6) is 0. The number of rotatable bonds is 4. The van der Waals surface area contributed by atoms with E-state index in [2.05, 4.69) is 147 Å². The number of allylic oxidation sites excluding steroid dienone is 2. The molecule has 0 saturated heterocycles. The Hall–Kier alpha value is -3.22. The zero-order valence-corrected chi connectivity index (χ0v) is 28.1. The maximum Gasteiger partial charge on any atom is -1.00 e. The smallest absolute Gasteiger partial charge is 1.00 e. The molecule has 0 aromatic heterocycles. The van der Waals surface area contributed by atoms with Gasteiger partial charge in [0.05, 0.1) is 0 Å². The van der Waals surface area contributed by atoms with Gasteiger partial charge in [0.1, 0.15) is 0 Å². The third-order valence-electron chi connectivity index (χ3n) is 9.05. The molecule has 0 amide bonds. The van der Waals surface area contributed by atoms with Gasteiger partial charge >= 0.3 is 255 Å². The Morgan fingerprint density at radius 3 is 1.26 bits per heavy atom. The fourth-order valence-electron chi connectivity index (χ4n) is 7.10. The summed E-state index contributed by atoms with van der Waals surface area (Å²) in [5, 5.41) is 5.28. The standard InChI is InChI=1S/2C20H15.2ClH.Zr/c2*1-14-12-16-8-5-11-19(20(16)13-14)18-10-4-7-15-6-2-3-9-17(15)18;;;/h2*2-13H,1H3;2*1H;/q;;;;+2/p-2. The maximum absolute atomic E-state index is 2.50. The van der Waals surface area contributed by atoms with Gasteiger partial charge in [0, 0.05) is 0 Å². The van der Waals surface area contributed by atoms with Crippen LogP contribution in [0.3, 0.4) is 0 Å². The first kappa shape index (κ1) is 29.8. The van der Waals surface area contributed by atoms with Crippen LogP contribution < -0.4 is 24.8 Å². The van der Waals surface area contributed by atoms with Crippen molar-refractivity contribution in [2.24, 2.45) is 0 Å². The molecule has 0 spiro atoms. The monoisotopic (exact) mass is 670 g/mol. The molecule has 43 heavy (non-hydrogen) atoms. The average molecular weight is 673 g/mol. The van der Waals surface area contributed by atoms with Gasteiger partial charge in [0.2, 0.25) is 0 Å². The Kier molecular flexibility index (Phi) is 8.36. The molecule has 6 aromatic rings. The summed E-state index contributed by atoms with van der Waals surface area (Å²) in [5.41, 5.74) is 14.5. The van der Waals surface area contributed by atoms with E-state index in [9.17, 15) is 0 Å². The molecule has 2 aliphatic rings. The van der Waals surface area contributed by atoms with Crippen molar-refractivity contribution in [3.05, 3.63) is 155 Å². The first-order chi connectivity index (χ1) is 20.2. The number of benzene rings is 6. The van der Waals surface area contributed by atoms with Crippen LogP contribution in [0.15, 0.2) is 132 Å². The number of halogens is 2. The van der Waals surface area contributed by atoms with Gasteiger partial charge in [0.25, 0.3) is 0 Å². The van der Waals surface area contributed by atoms with E-state index in [1.54, 1.807) is 22.3 Å². The van der Waals surface area contributed by atoms with E-state index in [0.717, 1.165) is 0 Å². The second-order valence-corrected chi connectivity index (χ2v) is 15.1. The van der Waals surface area contributed by atoms with Gasteiger partial charge in [0.15, 0.2) is 0 Å². The molecule has 8 rings (SSSR count). The van der Waals surface area contributed by atoms with E-state index < -0.39 is 23.2 Å². The van der Waals surface area contributed by atoms with E-state index in [0.29, 0.717) is 7.25 Å². The summed E-state index contributed by atoms with van der Waals surface area (Å²) >= 11 is -0.930. The molecule has 0 saturated carbocycles. The zero-order chi connectivity index (χ0) is 27.5. The van der Waals surface area contributed by atoms with Crippen LogP contribution in [-0.2, 0) is 23.2 Å². The van der Waals surface area contributed by atoms with Crippen molar-refractivity contribution >= 4 is 33.7 Å². The average Bonchev–Trinajstić information content (AvgIpc) is 3.51. The Morgan fingerprint density at radius 1 is 0.419 bits per heavy atom. The summed E-state index contributed by atoms with van der Waals surface area (Å²) in [6.07, 6.45) is 5.00. The van der Waals surface area contributed by atoms with E-state index in [1.807, 2.05) is 0 Å². The number of fused-ring (bicyclic) bond motifs is 4. The van der Waals surface area contributed by atoms with Gasteiger partial charge in [-0.1, -0.05) is 0 Å². The molecule has 2 atom stereocenters. The Morgan fingerprint density at radius 2 is 0.791 bits per heavy atom. The van der Waals surface area contributed by atoms with Gasteiger partial charge in [-0.25, -0.2) is 0 Å².